The van der Waals surface area contributed by atoms with Gasteiger partial charge in [-0.15, -0.1) is 0 Å². The van der Waals surface area contributed by atoms with E-state index in [1.807, 2.05) is 0 Å². The van der Waals surface area contributed by atoms with Crippen molar-refractivity contribution in [2.24, 2.45) is 0 Å². The molecule has 1 aliphatic carbocycles. The molecule has 10 aromatic carbocycles. The number of fused-ring (bicyclic) bond motifs is 7. The molecule has 274 valence electrons. The van der Waals surface area contributed by atoms with Crippen molar-refractivity contribution in [3.63, 3.8) is 0 Å². The third kappa shape index (κ3) is 5.62. The molecule has 0 spiro atoms. The lowest BCUT2D eigenvalue weighted by Gasteiger charge is -2.27. The summed E-state index contributed by atoms with van der Waals surface area (Å²) in [6.07, 6.45) is 0. The van der Waals surface area contributed by atoms with Gasteiger partial charge in [-0.25, -0.2) is 0 Å². The summed E-state index contributed by atoms with van der Waals surface area (Å²) < 4.78 is 0. The topological polar surface area (TPSA) is 3.24 Å². The zero-order valence-electron chi connectivity index (χ0n) is 32.7. The van der Waals surface area contributed by atoms with Crippen LogP contribution in [-0.2, 0) is 5.41 Å². The molecule has 1 heteroatoms. The van der Waals surface area contributed by atoms with Crippen LogP contribution in [0.1, 0.15) is 25.0 Å². The van der Waals surface area contributed by atoms with Gasteiger partial charge in [-0.3, -0.25) is 0 Å². The summed E-state index contributed by atoms with van der Waals surface area (Å²) in [7, 11) is 0. The van der Waals surface area contributed by atoms with E-state index in [2.05, 4.69) is 231 Å². The molecule has 0 aromatic heterocycles. The summed E-state index contributed by atoms with van der Waals surface area (Å²) in [5.74, 6) is 0. The van der Waals surface area contributed by atoms with Gasteiger partial charge in [-0.1, -0.05) is 172 Å². The number of nitrogens with zero attached hydrogens (tertiary/aromatic N) is 1. The van der Waals surface area contributed by atoms with Crippen LogP contribution in [0.15, 0.2) is 212 Å². The first kappa shape index (κ1) is 34.1. The van der Waals surface area contributed by atoms with Crippen LogP contribution in [0.4, 0.5) is 17.1 Å². The van der Waals surface area contributed by atoms with Crippen molar-refractivity contribution >= 4 is 49.4 Å². The van der Waals surface area contributed by atoms with E-state index in [1.54, 1.807) is 0 Å². The lowest BCUT2D eigenvalue weighted by Crippen LogP contribution is -2.14. The average molecular weight is 740 g/mol. The Labute approximate surface area is 340 Å². The molecule has 0 heterocycles. The molecule has 0 unspecified atom stereocenters. The predicted octanol–water partition coefficient (Wildman–Crippen LogP) is 15.9. The van der Waals surface area contributed by atoms with Crippen molar-refractivity contribution in [2.75, 3.05) is 4.90 Å². The predicted molar refractivity (Wildman–Crippen MR) is 248 cm³/mol. The highest BCUT2D eigenvalue weighted by molar-refractivity contribution is 6.14. The zero-order valence-corrected chi connectivity index (χ0v) is 32.7. The van der Waals surface area contributed by atoms with Crippen LogP contribution in [0.3, 0.4) is 0 Å². The second-order valence-electron chi connectivity index (χ2n) is 16.2. The van der Waals surface area contributed by atoms with Gasteiger partial charge in [0.1, 0.15) is 0 Å². The van der Waals surface area contributed by atoms with Crippen molar-refractivity contribution in [1.29, 1.82) is 0 Å². The first-order valence-electron chi connectivity index (χ1n) is 20.2. The summed E-state index contributed by atoms with van der Waals surface area (Å²) >= 11 is 0. The highest BCUT2D eigenvalue weighted by atomic mass is 15.1. The van der Waals surface area contributed by atoms with Gasteiger partial charge < -0.3 is 4.90 Å². The Hall–Kier alpha value is -7.22. The Morgan fingerprint density at radius 2 is 0.862 bits per heavy atom. The van der Waals surface area contributed by atoms with Crippen LogP contribution in [-0.4, -0.2) is 0 Å². The quantitative estimate of drug-likeness (QED) is 0.154. The second-order valence-corrected chi connectivity index (χ2v) is 16.2. The van der Waals surface area contributed by atoms with E-state index in [9.17, 15) is 0 Å². The molecule has 1 nitrogen and oxygen atoms in total. The third-order valence-corrected chi connectivity index (χ3v) is 12.4. The van der Waals surface area contributed by atoms with E-state index >= 15 is 0 Å². The maximum absolute atomic E-state index is 2.41. The van der Waals surface area contributed by atoms with Crippen LogP contribution in [0.5, 0.6) is 0 Å². The Balaban J connectivity index is 1.01. The van der Waals surface area contributed by atoms with E-state index in [1.165, 1.54) is 88.0 Å². The Morgan fingerprint density at radius 3 is 1.62 bits per heavy atom. The minimum atomic E-state index is -0.0426. The fourth-order valence-corrected chi connectivity index (χ4v) is 9.41. The molecule has 0 bridgehead atoms. The number of hydrogen-bond acceptors (Lipinski definition) is 1. The van der Waals surface area contributed by atoms with E-state index in [4.69, 9.17) is 0 Å². The van der Waals surface area contributed by atoms with Gasteiger partial charge in [0.15, 0.2) is 0 Å². The lowest BCUT2D eigenvalue weighted by molar-refractivity contribution is 0.660. The van der Waals surface area contributed by atoms with Crippen LogP contribution in [0.25, 0.3) is 76.8 Å². The normalized spacial score (nSPS) is 12.8. The number of anilines is 3. The van der Waals surface area contributed by atoms with Crippen LogP contribution >= 0.6 is 0 Å². The molecule has 10 aromatic rings. The maximum atomic E-state index is 2.41. The molecule has 0 atom stereocenters. The van der Waals surface area contributed by atoms with Gasteiger partial charge in [0.25, 0.3) is 0 Å². The summed E-state index contributed by atoms with van der Waals surface area (Å²) in [5.41, 5.74) is 16.1. The second kappa shape index (κ2) is 13.5. The smallest absolute Gasteiger partial charge is 0.0467 e. The standard InChI is InChI=1S/C57H41N/c1-57(2)55-21-10-9-20-52(55)53-33-28-43(37-56(53)57)40-26-31-47(32-27-40)58(46-29-24-39(25-30-46)42-23-22-38-12-3-4-13-41(38)34-42)48-16-11-15-44(35-48)54-36-45-14-5-6-17-49(45)50-18-7-8-19-51(50)54/h3-37H,1-2H3. The zero-order chi connectivity index (χ0) is 38.8. The first-order valence-corrected chi connectivity index (χ1v) is 20.2. The summed E-state index contributed by atoms with van der Waals surface area (Å²) in [6, 6.07) is 78.2. The summed E-state index contributed by atoms with van der Waals surface area (Å²) in [4.78, 5) is 2.39. The number of benzene rings is 10. The molecule has 0 saturated heterocycles. The Kier molecular flexibility index (Phi) is 7.91. The lowest BCUT2D eigenvalue weighted by atomic mass is 9.81. The first-order chi connectivity index (χ1) is 28.5. The molecular formula is C57H41N. The van der Waals surface area contributed by atoms with Crippen molar-refractivity contribution in [3.05, 3.63) is 223 Å². The Bertz CT molecular complexity index is 3190. The number of rotatable bonds is 6. The molecule has 0 saturated carbocycles. The van der Waals surface area contributed by atoms with Gasteiger partial charge in [0, 0.05) is 22.5 Å². The summed E-state index contributed by atoms with van der Waals surface area (Å²) in [6.45, 7) is 4.70. The van der Waals surface area contributed by atoms with Crippen molar-refractivity contribution < 1.29 is 0 Å². The molecule has 0 amide bonds. The fraction of sp³-hybridized carbons (Fsp3) is 0.0526. The molecule has 11 rings (SSSR count). The molecule has 0 N–H and O–H groups in total. The number of hydrogen-bond donors (Lipinski definition) is 0. The van der Waals surface area contributed by atoms with Crippen LogP contribution in [0.2, 0.25) is 0 Å². The van der Waals surface area contributed by atoms with Crippen molar-refractivity contribution in [1.82, 2.24) is 0 Å². The van der Waals surface area contributed by atoms with E-state index in [0.29, 0.717) is 0 Å². The van der Waals surface area contributed by atoms with Gasteiger partial charge in [-0.05, 0) is 143 Å². The Morgan fingerprint density at radius 1 is 0.293 bits per heavy atom. The van der Waals surface area contributed by atoms with Crippen LogP contribution in [0, 0.1) is 0 Å². The minimum absolute atomic E-state index is 0.0426. The fourth-order valence-electron chi connectivity index (χ4n) is 9.41. The maximum Gasteiger partial charge on any atom is 0.0467 e. The van der Waals surface area contributed by atoms with E-state index in [0.717, 1.165) is 17.1 Å². The molecule has 0 radical (unpaired) electrons. The van der Waals surface area contributed by atoms with Crippen molar-refractivity contribution in [2.45, 2.75) is 19.3 Å². The minimum Gasteiger partial charge on any atom is -0.310 e. The molecule has 0 fully saturated rings. The summed E-state index contributed by atoms with van der Waals surface area (Å²) in [5, 5.41) is 7.57. The third-order valence-electron chi connectivity index (χ3n) is 12.4. The van der Waals surface area contributed by atoms with Gasteiger partial charge in [0.05, 0.1) is 0 Å². The molecule has 58 heavy (non-hydrogen) atoms. The van der Waals surface area contributed by atoms with Crippen molar-refractivity contribution in [3.8, 4) is 44.5 Å². The van der Waals surface area contributed by atoms with Gasteiger partial charge >= 0.3 is 0 Å². The van der Waals surface area contributed by atoms with Gasteiger partial charge in [-0.2, -0.15) is 0 Å². The molecule has 0 aliphatic heterocycles. The highest BCUT2D eigenvalue weighted by Gasteiger charge is 2.35. The highest BCUT2D eigenvalue weighted by Crippen LogP contribution is 2.50. The molecule has 1 aliphatic rings. The van der Waals surface area contributed by atoms with Gasteiger partial charge in [0.2, 0.25) is 0 Å². The van der Waals surface area contributed by atoms with E-state index < -0.39 is 0 Å². The van der Waals surface area contributed by atoms with E-state index in [-0.39, 0.29) is 5.41 Å². The monoisotopic (exact) mass is 739 g/mol. The average Bonchev–Trinajstić information content (AvgIpc) is 3.52. The molecular weight excluding hydrogens is 699 g/mol. The largest absolute Gasteiger partial charge is 0.310 e. The van der Waals surface area contributed by atoms with Crippen LogP contribution < -0.4 is 4.90 Å². The SMILES string of the molecule is CC1(C)c2ccccc2-c2ccc(-c3ccc(N(c4ccc(-c5ccc6ccccc6c5)cc4)c4cccc(-c5cc6ccccc6c6ccccc56)c4)cc3)cc21.